The molecular weight excluding hydrogens is 246 g/mol. The lowest BCUT2D eigenvalue weighted by atomic mass is 9.98. The van der Waals surface area contributed by atoms with Crippen LogP contribution in [0.1, 0.15) is 41.0 Å². The Balaban J connectivity index is 2.56. The van der Waals surface area contributed by atoms with Crippen LogP contribution in [-0.2, 0) is 9.16 Å². The van der Waals surface area contributed by atoms with Gasteiger partial charge in [-0.25, -0.2) is 4.79 Å². The van der Waals surface area contributed by atoms with Gasteiger partial charge in [0.15, 0.2) is 8.32 Å². The van der Waals surface area contributed by atoms with Crippen molar-refractivity contribution in [3.63, 3.8) is 0 Å². The first kappa shape index (κ1) is 15.5. The molecule has 18 heavy (non-hydrogen) atoms. The molecule has 1 aliphatic rings. The van der Waals surface area contributed by atoms with E-state index >= 15 is 0 Å². The zero-order valence-corrected chi connectivity index (χ0v) is 13.7. The van der Waals surface area contributed by atoms with Crippen LogP contribution in [0.4, 0.5) is 4.79 Å². The molecule has 0 bridgehead atoms. The molecule has 0 saturated carbocycles. The molecule has 0 aromatic rings. The summed E-state index contributed by atoms with van der Waals surface area (Å²) in [6, 6.07) is 0.0513. The van der Waals surface area contributed by atoms with Gasteiger partial charge in [-0.1, -0.05) is 20.8 Å². The van der Waals surface area contributed by atoms with E-state index < -0.39 is 13.9 Å². The first-order chi connectivity index (χ1) is 7.93. The molecule has 0 aromatic carbocycles. The molecule has 0 spiro atoms. The molecule has 1 rings (SSSR count). The fraction of sp³-hybridized carbons (Fsp3) is 0.923. The van der Waals surface area contributed by atoms with Crippen LogP contribution in [0.3, 0.4) is 0 Å². The summed E-state index contributed by atoms with van der Waals surface area (Å²) in [5.74, 6) is 0. The number of carbonyl (C=O) groups is 1. The smallest absolute Gasteiger partial charge is 0.407 e. The largest absolute Gasteiger partial charge is 0.443 e. The fourth-order valence-corrected chi connectivity index (χ4v) is 2.81. The lowest BCUT2D eigenvalue weighted by Gasteiger charge is -2.40. The van der Waals surface area contributed by atoms with Crippen LogP contribution < -0.4 is 5.32 Å². The van der Waals surface area contributed by atoms with Crippen molar-refractivity contribution < 1.29 is 14.0 Å². The summed E-state index contributed by atoms with van der Waals surface area (Å²) in [5, 5.41) is 3.02. The highest BCUT2D eigenvalue weighted by Gasteiger charge is 2.39. The highest BCUT2D eigenvalue weighted by atomic mass is 28.4. The van der Waals surface area contributed by atoms with Gasteiger partial charge in [0.25, 0.3) is 0 Å². The van der Waals surface area contributed by atoms with E-state index in [9.17, 15) is 4.79 Å². The third-order valence-electron chi connectivity index (χ3n) is 3.88. The maximum Gasteiger partial charge on any atom is 0.407 e. The quantitative estimate of drug-likeness (QED) is 0.803. The van der Waals surface area contributed by atoms with E-state index in [1.807, 2.05) is 13.8 Å². The molecule has 1 N–H and O–H groups in total. The van der Waals surface area contributed by atoms with E-state index in [0.717, 1.165) is 6.42 Å². The zero-order chi connectivity index (χ0) is 14.2. The molecule has 1 atom stereocenters. The van der Waals surface area contributed by atoms with E-state index in [4.69, 9.17) is 9.16 Å². The molecule has 1 aliphatic heterocycles. The minimum atomic E-state index is -1.75. The normalized spacial score (nSPS) is 24.4. The van der Waals surface area contributed by atoms with Gasteiger partial charge in [-0.2, -0.15) is 0 Å². The van der Waals surface area contributed by atoms with Crippen LogP contribution in [-0.4, -0.2) is 32.7 Å². The number of rotatable bonds is 3. The summed E-state index contributed by atoms with van der Waals surface area (Å²) in [7, 11) is -1.75. The number of carbonyl (C=O) groups excluding carboxylic acids is 1. The summed E-state index contributed by atoms with van der Waals surface area (Å²) in [6.07, 6.45) is 0.447. The maximum absolute atomic E-state index is 11.4. The van der Waals surface area contributed by atoms with Gasteiger partial charge in [0.05, 0.1) is 12.6 Å². The molecule has 0 radical (unpaired) electrons. The Labute approximate surface area is 112 Å². The Morgan fingerprint density at radius 1 is 1.44 bits per heavy atom. The first-order valence-corrected chi connectivity index (χ1v) is 9.47. The summed E-state index contributed by atoms with van der Waals surface area (Å²) < 4.78 is 11.4. The van der Waals surface area contributed by atoms with Crippen molar-refractivity contribution in [1.82, 2.24) is 5.32 Å². The van der Waals surface area contributed by atoms with Crippen molar-refractivity contribution >= 4 is 14.4 Å². The molecule has 5 heteroatoms. The standard InChI is InChI=1S/C13H27NO3Si/c1-12(2,3)18(6,7)16-9-10-8-13(4,5)17-11(15)14-10/h10H,8-9H2,1-7H3,(H,14,15)/t10-/m0/s1. The van der Waals surface area contributed by atoms with Crippen LogP contribution in [0.15, 0.2) is 0 Å². The second-order valence-corrected chi connectivity index (χ2v) is 12.1. The summed E-state index contributed by atoms with van der Waals surface area (Å²) in [6.45, 7) is 15.5. The summed E-state index contributed by atoms with van der Waals surface area (Å²) in [5.41, 5.74) is -0.399. The Bertz CT molecular complexity index is 321. The molecule has 1 fully saturated rings. The molecule has 1 saturated heterocycles. The molecule has 0 aromatic heterocycles. The highest BCUT2D eigenvalue weighted by molar-refractivity contribution is 6.74. The van der Waals surface area contributed by atoms with E-state index in [0.29, 0.717) is 6.61 Å². The van der Waals surface area contributed by atoms with Crippen molar-refractivity contribution in [1.29, 1.82) is 0 Å². The fourth-order valence-electron chi connectivity index (χ4n) is 1.76. The van der Waals surface area contributed by atoms with Gasteiger partial charge < -0.3 is 14.5 Å². The second-order valence-electron chi connectivity index (χ2n) is 7.27. The third-order valence-corrected chi connectivity index (χ3v) is 8.38. The van der Waals surface area contributed by atoms with Gasteiger partial charge >= 0.3 is 6.09 Å². The maximum atomic E-state index is 11.4. The van der Waals surface area contributed by atoms with Gasteiger partial charge in [-0.05, 0) is 32.0 Å². The zero-order valence-electron chi connectivity index (χ0n) is 12.7. The van der Waals surface area contributed by atoms with Gasteiger partial charge in [-0.3, -0.25) is 0 Å². The SMILES string of the molecule is CC1(C)C[C@@H](CO[Si](C)(C)C(C)(C)C)NC(=O)O1. The molecule has 0 unspecified atom stereocenters. The second kappa shape index (κ2) is 4.85. The first-order valence-electron chi connectivity index (χ1n) is 6.56. The summed E-state index contributed by atoms with van der Waals surface area (Å²) in [4.78, 5) is 11.4. The average molecular weight is 273 g/mol. The monoisotopic (exact) mass is 273 g/mol. The van der Waals surface area contributed by atoms with Crippen molar-refractivity contribution in [2.75, 3.05) is 6.61 Å². The Morgan fingerprint density at radius 2 is 2.00 bits per heavy atom. The third kappa shape index (κ3) is 3.98. The van der Waals surface area contributed by atoms with Crippen molar-refractivity contribution in [2.24, 2.45) is 0 Å². The number of cyclic esters (lactones) is 1. The Hall–Kier alpha value is -0.553. The predicted octanol–water partition coefficient (Wildman–Crippen LogP) is 3.29. The molecule has 106 valence electrons. The Morgan fingerprint density at radius 3 is 2.44 bits per heavy atom. The lowest BCUT2D eigenvalue weighted by molar-refractivity contribution is -0.00707. The average Bonchev–Trinajstić information content (AvgIpc) is 2.09. The van der Waals surface area contributed by atoms with Crippen LogP contribution in [0.5, 0.6) is 0 Å². The van der Waals surface area contributed by atoms with Crippen molar-refractivity contribution in [2.45, 2.75) is 70.8 Å². The molecule has 4 nitrogen and oxygen atoms in total. The van der Waals surface area contributed by atoms with Crippen molar-refractivity contribution in [3.8, 4) is 0 Å². The van der Waals surface area contributed by atoms with Gasteiger partial charge in [0, 0.05) is 6.42 Å². The van der Waals surface area contributed by atoms with Crippen LogP contribution in [0.25, 0.3) is 0 Å². The van der Waals surface area contributed by atoms with Crippen LogP contribution >= 0.6 is 0 Å². The van der Waals surface area contributed by atoms with Crippen molar-refractivity contribution in [3.05, 3.63) is 0 Å². The van der Waals surface area contributed by atoms with Gasteiger partial charge in [0.2, 0.25) is 0 Å². The van der Waals surface area contributed by atoms with E-state index in [2.05, 4.69) is 39.2 Å². The lowest BCUT2D eigenvalue weighted by Crippen LogP contribution is -2.53. The highest BCUT2D eigenvalue weighted by Crippen LogP contribution is 2.36. The topological polar surface area (TPSA) is 47.6 Å². The minimum absolute atomic E-state index is 0.0513. The predicted molar refractivity (Wildman–Crippen MR) is 75.2 cm³/mol. The minimum Gasteiger partial charge on any atom is -0.443 e. The van der Waals surface area contributed by atoms with Gasteiger partial charge in [-0.15, -0.1) is 0 Å². The molecule has 1 amide bonds. The molecule has 1 heterocycles. The molecule has 0 aliphatic carbocycles. The number of nitrogens with one attached hydrogen (secondary N) is 1. The number of alkyl carbamates (subject to hydrolysis) is 1. The van der Waals surface area contributed by atoms with E-state index in [1.54, 1.807) is 0 Å². The number of amides is 1. The number of hydrogen-bond acceptors (Lipinski definition) is 3. The molecular formula is C13H27NO3Si. The Kier molecular flexibility index (Phi) is 4.18. The van der Waals surface area contributed by atoms with Crippen LogP contribution in [0, 0.1) is 0 Å². The van der Waals surface area contributed by atoms with E-state index in [-0.39, 0.29) is 17.2 Å². The number of hydrogen-bond donors (Lipinski definition) is 1. The van der Waals surface area contributed by atoms with Gasteiger partial charge in [0.1, 0.15) is 5.60 Å². The van der Waals surface area contributed by atoms with E-state index in [1.165, 1.54) is 0 Å². The number of ether oxygens (including phenoxy) is 1. The van der Waals surface area contributed by atoms with Crippen LogP contribution in [0.2, 0.25) is 18.1 Å². The summed E-state index contributed by atoms with van der Waals surface area (Å²) >= 11 is 0.